The molecule has 0 atom stereocenters. The smallest absolute Gasteiger partial charge is 0.344 e. The van der Waals surface area contributed by atoms with E-state index in [9.17, 15) is 13.2 Å². The molecule has 0 aromatic carbocycles. The van der Waals surface area contributed by atoms with Gasteiger partial charge in [-0.15, -0.1) is 5.10 Å². The topological polar surface area (TPSA) is 36.9 Å². The minimum absolute atomic E-state index is 0.0459. The normalized spacial score (nSPS) is 12.2. The molecule has 0 amide bonds. The van der Waals surface area contributed by atoms with Crippen molar-refractivity contribution in [1.29, 1.82) is 0 Å². The predicted octanol–water partition coefficient (Wildman–Crippen LogP) is 2.91. The van der Waals surface area contributed by atoms with E-state index in [1.54, 1.807) is 11.6 Å². The molecular weight excluding hydrogens is 253 g/mol. The molecule has 98 valence electrons. The number of nitrogens with one attached hydrogen (secondary N) is 1. The standard InChI is InChI=1S/C9H15F3N4S/c1-6(2)16-7(13-14-8(16)17)15(3)5-4-9(10,11)12/h6H,4-5H2,1-3H3,(H,14,17). The Morgan fingerprint density at radius 2 is 2.06 bits per heavy atom. The number of alkyl halides is 3. The quantitative estimate of drug-likeness (QED) is 0.853. The molecule has 1 rings (SSSR count). The molecule has 4 nitrogen and oxygen atoms in total. The minimum atomic E-state index is -4.16. The van der Waals surface area contributed by atoms with Crippen LogP contribution in [0.5, 0.6) is 0 Å². The summed E-state index contributed by atoms with van der Waals surface area (Å²) in [4.78, 5) is 1.44. The number of hydrogen-bond acceptors (Lipinski definition) is 3. The number of halogens is 3. The zero-order chi connectivity index (χ0) is 13.2. The minimum Gasteiger partial charge on any atom is -0.344 e. The summed E-state index contributed by atoms with van der Waals surface area (Å²) in [5.74, 6) is 0.425. The Morgan fingerprint density at radius 1 is 1.47 bits per heavy atom. The Labute approximate surface area is 102 Å². The highest BCUT2D eigenvalue weighted by atomic mass is 32.1. The fraction of sp³-hybridized carbons (Fsp3) is 0.778. The summed E-state index contributed by atoms with van der Waals surface area (Å²) in [6.45, 7) is 3.65. The van der Waals surface area contributed by atoms with Gasteiger partial charge in [0.15, 0.2) is 4.77 Å². The van der Waals surface area contributed by atoms with Crippen molar-refractivity contribution in [3.63, 3.8) is 0 Å². The van der Waals surface area contributed by atoms with Gasteiger partial charge in [-0.3, -0.25) is 4.57 Å². The van der Waals surface area contributed by atoms with Crippen LogP contribution in [0.3, 0.4) is 0 Å². The Morgan fingerprint density at radius 3 is 2.53 bits per heavy atom. The van der Waals surface area contributed by atoms with Crippen LogP contribution in [0.2, 0.25) is 0 Å². The van der Waals surface area contributed by atoms with Crippen molar-refractivity contribution in [3.05, 3.63) is 4.77 Å². The first-order valence-corrected chi connectivity index (χ1v) is 5.58. The summed E-state index contributed by atoms with van der Waals surface area (Å²) >= 11 is 5.02. The molecule has 1 aromatic rings. The molecular formula is C9H15F3N4S. The third-order valence-corrected chi connectivity index (χ3v) is 2.56. The van der Waals surface area contributed by atoms with Gasteiger partial charge in [-0.1, -0.05) is 0 Å². The van der Waals surface area contributed by atoms with Crippen molar-refractivity contribution in [2.45, 2.75) is 32.5 Å². The number of aromatic nitrogens is 3. The van der Waals surface area contributed by atoms with Gasteiger partial charge in [-0.25, -0.2) is 5.10 Å². The van der Waals surface area contributed by atoms with Crippen molar-refractivity contribution in [2.24, 2.45) is 0 Å². The van der Waals surface area contributed by atoms with Crippen LogP contribution in [0.15, 0.2) is 0 Å². The zero-order valence-electron chi connectivity index (χ0n) is 9.88. The van der Waals surface area contributed by atoms with Crippen LogP contribution in [-0.2, 0) is 0 Å². The highest BCUT2D eigenvalue weighted by Crippen LogP contribution is 2.22. The fourth-order valence-electron chi connectivity index (χ4n) is 1.43. The third-order valence-electron chi connectivity index (χ3n) is 2.27. The van der Waals surface area contributed by atoms with Gasteiger partial charge in [0, 0.05) is 19.6 Å². The van der Waals surface area contributed by atoms with Crippen molar-refractivity contribution in [1.82, 2.24) is 14.8 Å². The van der Waals surface area contributed by atoms with Gasteiger partial charge in [-0.2, -0.15) is 13.2 Å². The molecule has 0 spiro atoms. The lowest BCUT2D eigenvalue weighted by Crippen LogP contribution is -2.27. The SMILES string of the molecule is CC(C)n1c(N(C)CCC(F)(F)F)n[nH]c1=S. The maximum absolute atomic E-state index is 12.1. The molecule has 0 aliphatic rings. The van der Waals surface area contributed by atoms with Gasteiger partial charge in [0.25, 0.3) is 0 Å². The summed E-state index contributed by atoms with van der Waals surface area (Å²) in [5, 5.41) is 6.53. The fourth-order valence-corrected chi connectivity index (χ4v) is 1.76. The second-order valence-electron chi connectivity index (χ2n) is 4.08. The summed E-state index contributed by atoms with van der Waals surface area (Å²) < 4.78 is 38.4. The Hall–Kier alpha value is -1.05. The second-order valence-corrected chi connectivity index (χ2v) is 4.47. The molecule has 0 bridgehead atoms. The average Bonchev–Trinajstić information content (AvgIpc) is 2.55. The second kappa shape index (κ2) is 5.07. The Balaban J connectivity index is 2.83. The summed E-state index contributed by atoms with van der Waals surface area (Å²) in [5.41, 5.74) is 0. The van der Waals surface area contributed by atoms with E-state index in [2.05, 4.69) is 10.2 Å². The van der Waals surface area contributed by atoms with Gasteiger partial charge in [0.1, 0.15) is 0 Å². The molecule has 0 saturated carbocycles. The maximum Gasteiger partial charge on any atom is 0.390 e. The van der Waals surface area contributed by atoms with Crippen LogP contribution in [0.25, 0.3) is 0 Å². The molecule has 1 aromatic heterocycles. The molecule has 0 aliphatic heterocycles. The van der Waals surface area contributed by atoms with Gasteiger partial charge in [0.05, 0.1) is 6.42 Å². The predicted molar refractivity (Wildman–Crippen MR) is 61.7 cm³/mol. The van der Waals surface area contributed by atoms with E-state index in [-0.39, 0.29) is 12.6 Å². The monoisotopic (exact) mass is 268 g/mol. The van der Waals surface area contributed by atoms with Crippen LogP contribution in [0.4, 0.5) is 19.1 Å². The molecule has 0 aliphatic carbocycles. The van der Waals surface area contributed by atoms with E-state index in [0.29, 0.717) is 10.7 Å². The Bertz CT molecular complexity index is 421. The maximum atomic E-state index is 12.1. The largest absolute Gasteiger partial charge is 0.390 e. The number of hydrogen-bond donors (Lipinski definition) is 1. The first-order chi connectivity index (χ1) is 7.72. The molecule has 0 unspecified atom stereocenters. The lowest BCUT2D eigenvalue weighted by atomic mass is 10.4. The molecule has 1 N–H and O–H groups in total. The van der Waals surface area contributed by atoms with Crippen molar-refractivity contribution >= 4 is 18.2 Å². The van der Waals surface area contributed by atoms with E-state index in [1.807, 2.05) is 13.8 Å². The van der Waals surface area contributed by atoms with E-state index < -0.39 is 12.6 Å². The first-order valence-electron chi connectivity index (χ1n) is 5.17. The van der Waals surface area contributed by atoms with Crippen LogP contribution in [0, 0.1) is 4.77 Å². The summed E-state index contributed by atoms with van der Waals surface area (Å²) in [6, 6.07) is 0.0459. The van der Waals surface area contributed by atoms with Crippen LogP contribution in [-0.4, -0.2) is 34.5 Å². The highest BCUT2D eigenvalue weighted by Gasteiger charge is 2.28. The molecule has 0 fully saturated rings. The first kappa shape index (κ1) is 14.0. The van der Waals surface area contributed by atoms with Gasteiger partial charge >= 0.3 is 6.18 Å². The number of aromatic amines is 1. The molecule has 0 saturated heterocycles. The van der Waals surface area contributed by atoms with Crippen molar-refractivity contribution in [3.8, 4) is 0 Å². The van der Waals surface area contributed by atoms with Crippen molar-refractivity contribution < 1.29 is 13.2 Å². The summed E-state index contributed by atoms with van der Waals surface area (Å²) in [7, 11) is 1.57. The van der Waals surface area contributed by atoms with Gasteiger partial charge < -0.3 is 4.90 Å². The van der Waals surface area contributed by atoms with E-state index in [4.69, 9.17) is 12.2 Å². The molecule has 8 heteroatoms. The van der Waals surface area contributed by atoms with Crippen molar-refractivity contribution in [2.75, 3.05) is 18.5 Å². The Kier molecular flexibility index (Phi) is 4.18. The van der Waals surface area contributed by atoms with Gasteiger partial charge in [-0.05, 0) is 26.1 Å². The number of H-pyrrole nitrogens is 1. The van der Waals surface area contributed by atoms with Gasteiger partial charge in [0.2, 0.25) is 5.95 Å². The number of rotatable bonds is 4. The average molecular weight is 268 g/mol. The third kappa shape index (κ3) is 3.72. The van der Waals surface area contributed by atoms with E-state index >= 15 is 0 Å². The van der Waals surface area contributed by atoms with E-state index in [1.165, 1.54) is 4.90 Å². The number of nitrogens with zero attached hydrogens (tertiary/aromatic N) is 3. The lowest BCUT2D eigenvalue weighted by molar-refractivity contribution is -0.132. The molecule has 17 heavy (non-hydrogen) atoms. The highest BCUT2D eigenvalue weighted by molar-refractivity contribution is 7.71. The lowest BCUT2D eigenvalue weighted by Gasteiger charge is -2.21. The number of anilines is 1. The summed E-state index contributed by atoms with van der Waals surface area (Å²) in [6.07, 6.45) is -5.04. The zero-order valence-corrected chi connectivity index (χ0v) is 10.7. The van der Waals surface area contributed by atoms with E-state index in [0.717, 1.165) is 0 Å². The van der Waals surface area contributed by atoms with Crippen LogP contribution < -0.4 is 4.90 Å². The molecule has 0 radical (unpaired) electrons. The van der Waals surface area contributed by atoms with Crippen LogP contribution in [0.1, 0.15) is 26.3 Å². The molecule has 1 heterocycles. The van der Waals surface area contributed by atoms with Crippen LogP contribution >= 0.6 is 12.2 Å².